The van der Waals surface area contributed by atoms with Crippen molar-refractivity contribution in [3.05, 3.63) is 48.0 Å². The van der Waals surface area contributed by atoms with Crippen LogP contribution in [-0.2, 0) is 16.6 Å². The summed E-state index contributed by atoms with van der Waals surface area (Å²) in [4.78, 5) is 2.41. The van der Waals surface area contributed by atoms with E-state index >= 15 is 0 Å². The van der Waals surface area contributed by atoms with Crippen molar-refractivity contribution < 1.29 is 22.6 Å². The van der Waals surface area contributed by atoms with E-state index in [0.717, 1.165) is 17.9 Å². The fraction of sp³-hybridized carbons (Fsp3) is 0.400. The molecule has 3 rings (SSSR count). The van der Waals surface area contributed by atoms with Crippen molar-refractivity contribution in [3.63, 3.8) is 0 Å². The van der Waals surface area contributed by atoms with E-state index in [-0.39, 0.29) is 10.6 Å². The minimum Gasteiger partial charge on any atom is -0.497 e. The molecule has 1 aliphatic heterocycles. The molecule has 152 valence electrons. The highest BCUT2D eigenvalue weighted by molar-refractivity contribution is 7.89. The molecule has 7 nitrogen and oxygen atoms in total. The molecule has 0 atom stereocenters. The third-order valence-electron chi connectivity index (χ3n) is 4.86. The van der Waals surface area contributed by atoms with E-state index in [0.29, 0.717) is 31.9 Å². The van der Waals surface area contributed by atoms with Crippen LogP contribution in [0.5, 0.6) is 17.2 Å². The van der Waals surface area contributed by atoms with Gasteiger partial charge in [-0.15, -0.1) is 0 Å². The van der Waals surface area contributed by atoms with Crippen LogP contribution >= 0.6 is 0 Å². The summed E-state index contributed by atoms with van der Waals surface area (Å²) in [7, 11) is 1.01. The van der Waals surface area contributed by atoms with E-state index in [9.17, 15) is 8.42 Å². The third-order valence-corrected chi connectivity index (χ3v) is 6.80. The normalized spacial score (nSPS) is 16.0. The van der Waals surface area contributed by atoms with Crippen molar-refractivity contribution >= 4 is 10.0 Å². The highest BCUT2D eigenvalue weighted by atomic mass is 32.2. The van der Waals surface area contributed by atoms with Crippen molar-refractivity contribution in [2.24, 2.45) is 0 Å². The fourth-order valence-electron chi connectivity index (χ4n) is 3.28. The van der Waals surface area contributed by atoms with Gasteiger partial charge >= 0.3 is 0 Å². The fourth-order valence-corrected chi connectivity index (χ4v) is 4.84. The molecule has 0 aromatic heterocycles. The topological polar surface area (TPSA) is 68.3 Å². The van der Waals surface area contributed by atoms with Crippen molar-refractivity contribution in [2.75, 3.05) is 47.5 Å². The average molecular weight is 407 g/mol. The molecule has 0 spiro atoms. The van der Waals surface area contributed by atoms with Crippen LogP contribution in [0.4, 0.5) is 0 Å². The van der Waals surface area contributed by atoms with Crippen LogP contribution in [0.3, 0.4) is 0 Å². The number of methoxy groups -OCH3 is 3. The summed E-state index contributed by atoms with van der Waals surface area (Å²) in [6, 6.07) is 12.7. The first kappa shape index (κ1) is 20.4. The number of sulfonamides is 1. The van der Waals surface area contributed by atoms with Gasteiger partial charge in [-0.1, -0.05) is 12.1 Å². The Bertz CT molecular complexity index is 909. The lowest BCUT2D eigenvalue weighted by Crippen LogP contribution is -2.48. The lowest BCUT2D eigenvalue weighted by atomic mass is 10.2. The molecule has 28 heavy (non-hydrogen) atoms. The molecule has 2 aromatic carbocycles. The van der Waals surface area contributed by atoms with Crippen LogP contribution in [0.25, 0.3) is 0 Å². The molecular formula is C20H26N2O5S. The molecule has 1 saturated heterocycles. The summed E-state index contributed by atoms with van der Waals surface area (Å²) in [5.41, 5.74) is 1.15. The van der Waals surface area contributed by atoms with Crippen LogP contribution in [0.1, 0.15) is 5.56 Å². The highest BCUT2D eigenvalue weighted by Gasteiger charge is 2.31. The molecule has 0 bridgehead atoms. The van der Waals surface area contributed by atoms with E-state index in [2.05, 4.69) is 4.90 Å². The van der Waals surface area contributed by atoms with Crippen molar-refractivity contribution in [1.82, 2.24) is 9.21 Å². The molecule has 2 aromatic rings. The third kappa shape index (κ3) is 4.40. The van der Waals surface area contributed by atoms with Crippen LogP contribution < -0.4 is 14.2 Å². The van der Waals surface area contributed by atoms with Gasteiger partial charge in [-0.05, 0) is 29.8 Å². The molecule has 1 heterocycles. The number of rotatable bonds is 7. The Balaban J connectivity index is 1.68. The van der Waals surface area contributed by atoms with Gasteiger partial charge in [0, 0.05) is 38.8 Å². The molecule has 1 aliphatic rings. The number of piperazine rings is 1. The van der Waals surface area contributed by atoms with Crippen LogP contribution in [0.15, 0.2) is 47.4 Å². The molecule has 0 saturated carbocycles. The van der Waals surface area contributed by atoms with Gasteiger partial charge in [-0.25, -0.2) is 8.42 Å². The van der Waals surface area contributed by atoms with Crippen molar-refractivity contribution in [2.45, 2.75) is 11.4 Å². The standard InChI is InChI=1S/C20H26N2O5S/c1-25-17-6-4-5-16(13-17)15-21-9-11-22(12-10-21)28(23,24)20-8-7-18(26-2)14-19(20)27-3/h4-8,13-14H,9-12,15H2,1-3H3. The SMILES string of the molecule is COc1cccc(CN2CCN(S(=O)(=O)c3ccc(OC)cc3OC)CC2)c1. The van der Waals surface area contributed by atoms with Crippen molar-refractivity contribution in [1.29, 1.82) is 0 Å². The zero-order valence-corrected chi connectivity index (χ0v) is 17.2. The van der Waals surface area contributed by atoms with Gasteiger partial charge in [0.25, 0.3) is 0 Å². The van der Waals surface area contributed by atoms with E-state index in [4.69, 9.17) is 14.2 Å². The second kappa shape index (κ2) is 8.81. The second-order valence-corrected chi connectivity index (χ2v) is 8.45. The number of ether oxygens (including phenoxy) is 3. The summed E-state index contributed by atoms with van der Waals surface area (Å²) >= 11 is 0. The molecule has 0 aliphatic carbocycles. The first-order valence-corrected chi connectivity index (χ1v) is 10.5. The predicted molar refractivity (Wildman–Crippen MR) is 107 cm³/mol. The molecule has 8 heteroatoms. The summed E-state index contributed by atoms with van der Waals surface area (Å²) < 4.78 is 43.4. The lowest BCUT2D eigenvalue weighted by Gasteiger charge is -2.34. The van der Waals surface area contributed by atoms with Crippen LogP contribution in [0.2, 0.25) is 0 Å². The summed E-state index contributed by atoms with van der Waals surface area (Å²) in [6.45, 7) is 2.95. The van der Waals surface area contributed by atoms with E-state index < -0.39 is 10.0 Å². The Labute approximate surface area is 166 Å². The van der Waals surface area contributed by atoms with Gasteiger partial charge in [0.15, 0.2) is 0 Å². The maximum Gasteiger partial charge on any atom is 0.246 e. The smallest absolute Gasteiger partial charge is 0.246 e. The molecular weight excluding hydrogens is 380 g/mol. The minimum atomic E-state index is -3.63. The average Bonchev–Trinajstić information content (AvgIpc) is 2.73. The van der Waals surface area contributed by atoms with Gasteiger partial charge < -0.3 is 14.2 Å². The Morgan fingerprint density at radius 1 is 0.857 bits per heavy atom. The van der Waals surface area contributed by atoms with Crippen LogP contribution in [0, 0.1) is 0 Å². The number of hydrogen-bond donors (Lipinski definition) is 0. The summed E-state index contributed by atoms with van der Waals surface area (Å²) in [5, 5.41) is 0. The maximum absolute atomic E-state index is 13.1. The summed E-state index contributed by atoms with van der Waals surface area (Å²) in [5.74, 6) is 1.67. The van der Waals surface area contributed by atoms with Gasteiger partial charge in [0.1, 0.15) is 22.1 Å². The zero-order chi connectivity index (χ0) is 20.1. The lowest BCUT2D eigenvalue weighted by molar-refractivity contribution is 0.181. The zero-order valence-electron chi connectivity index (χ0n) is 16.4. The number of nitrogens with zero attached hydrogens (tertiary/aromatic N) is 2. The number of benzene rings is 2. The highest BCUT2D eigenvalue weighted by Crippen LogP contribution is 2.31. The molecule has 0 radical (unpaired) electrons. The first-order valence-electron chi connectivity index (χ1n) is 9.05. The Morgan fingerprint density at radius 2 is 1.54 bits per heavy atom. The largest absolute Gasteiger partial charge is 0.497 e. The Hall–Kier alpha value is -2.29. The monoisotopic (exact) mass is 406 g/mol. The quantitative estimate of drug-likeness (QED) is 0.702. The minimum absolute atomic E-state index is 0.164. The van der Waals surface area contributed by atoms with E-state index in [1.54, 1.807) is 19.2 Å². The molecule has 0 unspecified atom stereocenters. The van der Waals surface area contributed by atoms with Gasteiger partial charge in [0.05, 0.1) is 21.3 Å². The van der Waals surface area contributed by atoms with E-state index in [1.807, 2.05) is 24.3 Å². The van der Waals surface area contributed by atoms with Crippen LogP contribution in [-0.4, -0.2) is 65.1 Å². The van der Waals surface area contributed by atoms with Crippen molar-refractivity contribution in [3.8, 4) is 17.2 Å². The van der Waals surface area contributed by atoms with Gasteiger partial charge in [-0.2, -0.15) is 4.31 Å². The second-order valence-electron chi connectivity index (χ2n) is 6.55. The summed E-state index contributed by atoms with van der Waals surface area (Å²) in [6.07, 6.45) is 0. The van der Waals surface area contributed by atoms with Gasteiger partial charge in [-0.3, -0.25) is 4.90 Å². The maximum atomic E-state index is 13.1. The Kier molecular flexibility index (Phi) is 6.43. The molecule has 0 N–H and O–H groups in total. The number of hydrogen-bond acceptors (Lipinski definition) is 6. The van der Waals surface area contributed by atoms with E-state index in [1.165, 1.54) is 24.6 Å². The Morgan fingerprint density at radius 3 is 2.18 bits per heavy atom. The predicted octanol–water partition coefficient (Wildman–Crippen LogP) is 2.22. The molecule has 1 fully saturated rings. The molecule has 0 amide bonds. The first-order chi connectivity index (χ1) is 13.5. The van der Waals surface area contributed by atoms with Gasteiger partial charge in [0.2, 0.25) is 10.0 Å².